The maximum atomic E-state index is 13.1. The number of anilines is 1. The molecule has 138 valence electrons. The molecule has 1 saturated heterocycles. The molecule has 0 amide bonds. The fourth-order valence-electron chi connectivity index (χ4n) is 4.03. The van der Waals surface area contributed by atoms with E-state index in [4.69, 9.17) is 4.74 Å². The number of ether oxygens (including phenoxy) is 1. The highest BCUT2D eigenvalue weighted by atomic mass is 32.2. The number of nitrogens with one attached hydrogen (secondary N) is 1. The largest absolute Gasteiger partial charge is 0.497 e. The van der Waals surface area contributed by atoms with Crippen LogP contribution in [0.4, 0.5) is 5.69 Å². The van der Waals surface area contributed by atoms with Crippen molar-refractivity contribution in [1.82, 2.24) is 4.90 Å². The fourth-order valence-corrected chi connectivity index (χ4v) is 5.36. The van der Waals surface area contributed by atoms with Gasteiger partial charge in [0.1, 0.15) is 5.75 Å². The summed E-state index contributed by atoms with van der Waals surface area (Å²) in [5.74, 6) is 0.913. The Kier molecular flexibility index (Phi) is 4.40. The van der Waals surface area contributed by atoms with E-state index >= 15 is 0 Å². The fraction of sp³-hybridized carbons (Fsp3) is 0.400. The van der Waals surface area contributed by atoms with E-state index in [0.717, 1.165) is 37.2 Å². The normalized spacial score (nSPS) is 22.8. The molecule has 4 rings (SSSR count). The van der Waals surface area contributed by atoms with Gasteiger partial charge in [0, 0.05) is 17.6 Å². The van der Waals surface area contributed by atoms with Crippen molar-refractivity contribution in [2.75, 3.05) is 32.6 Å². The Hall–Kier alpha value is -2.05. The summed E-state index contributed by atoms with van der Waals surface area (Å²) in [6.45, 7) is 2.10. The van der Waals surface area contributed by atoms with Crippen LogP contribution in [0, 0.1) is 0 Å². The number of hydrogen-bond acceptors (Lipinski definition) is 5. The van der Waals surface area contributed by atoms with Crippen molar-refractivity contribution in [2.45, 2.75) is 34.6 Å². The van der Waals surface area contributed by atoms with Crippen LogP contribution < -0.4 is 10.1 Å². The molecule has 5 nitrogen and oxygen atoms in total. The van der Waals surface area contributed by atoms with Crippen LogP contribution in [0.3, 0.4) is 0 Å². The van der Waals surface area contributed by atoms with Crippen molar-refractivity contribution >= 4 is 15.5 Å². The third-order valence-corrected chi connectivity index (χ3v) is 7.30. The summed E-state index contributed by atoms with van der Waals surface area (Å²) in [6.07, 6.45) is 2.12. The molecule has 2 aromatic rings. The molecule has 1 N–H and O–H groups in total. The zero-order valence-corrected chi connectivity index (χ0v) is 15.9. The van der Waals surface area contributed by atoms with Crippen LogP contribution in [0.1, 0.15) is 24.3 Å². The Morgan fingerprint density at radius 2 is 1.85 bits per heavy atom. The summed E-state index contributed by atoms with van der Waals surface area (Å²) in [6, 6.07) is 12.5. The molecule has 0 radical (unpaired) electrons. The van der Waals surface area contributed by atoms with Crippen LogP contribution in [0.2, 0.25) is 0 Å². The predicted octanol–water partition coefficient (Wildman–Crippen LogP) is 3.13. The van der Waals surface area contributed by atoms with Crippen LogP contribution in [-0.2, 0) is 9.84 Å². The molecule has 0 bridgehead atoms. The second kappa shape index (κ2) is 6.59. The number of benzene rings is 2. The lowest BCUT2D eigenvalue weighted by atomic mass is 9.91. The summed E-state index contributed by atoms with van der Waals surface area (Å²) < 4.78 is 31.4. The predicted molar refractivity (Wildman–Crippen MR) is 102 cm³/mol. The first-order valence-corrected chi connectivity index (χ1v) is 10.5. The van der Waals surface area contributed by atoms with Gasteiger partial charge < -0.3 is 15.0 Å². The minimum absolute atomic E-state index is 0.264. The zero-order valence-electron chi connectivity index (χ0n) is 15.1. The third-order valence-electron chi connectivity index (χ3n) is 5.55. The summed E-state index contributed by atoms with van der Waals surface area (Å²) in [4.78, 5) is 2.96. The molecule has 0 aliphatic carbocycles. The van der Waals surface area contributed by atoms with E-state index in [0.29, 0.717) is 22.6 Å². The van der Waals surface area contributed by atoms with Crippen molar-refractivity contribution in [2.24, 2.45) is 0 Å². The van der Waals surface area contributed by atoms with Gasteiger partial charge in [-0.15, -0.1) is 0 Å². The average Bonchev–Trinajstić information content (AvgIpc) is 2.90. The van der Waals surface area contributed by atoms with E-state index in [1.54, 1.807) is 30.3 Å². The molecule has 0 saturated carbocycles. The molecule has 2 aromatic carbocycles. The Labute approximate surface area is 154 Å². The molecule has 6 heteroatoms. The SMILES string of the molecule is COc1cccc(S(=O)(=O)c2ccc3c(c2)[C@@H]2CCN(C)CCC2N3)c1. The van der Waals surface area contributed by atoms with Crippen LogP contribution in [0.15, 0.2) is 52.3 Å². The highest BCUT2D eigenvalue weighted by Crippen LogP contribution is 2.42. The highest BCUT2D eigenvalue weighted by Gasteiger charge is 2.35. The lowest BCUT2D eigenvalue weighted by molar-refractivity contribution is 0.346. The first kappa shape index (κ1) is 17.4. The van der Waals surface area contributed by atoms with E-state index in [-0.39, 0.29) is 4.90 Å². The van der Waals surface area contributed by atoms with Gasteiger partial charge in [-0.05, 0) is 74.9 Å². The third kappa shape index (κ3) is 2.97. The van der Waals surface area contributed by atoms with Crippen LogP contribution >= 0.6 is 0 Å². The smallest absolute Gasteiger partial charge is 0.206 e. The minimum Gasteiger partial charge on any atom is -0.497 e. The van der Waals surface area contributed by atoms with E-state index < -0.39 is 9.84 Å². The first-order chi connectivity index (χ1) is 12.5. The first-order valence-electron chi connectivity index (χ1n) is 8.97. The van der Waals surface area contributed by atoms with Gasteiger partial charge in [-0.25, -0.2) is 8.42 Å². The molecule has 2 atom stereocenters. The summed E-state index contributed by atoms with van der Waals surface area (Å²) >= 11 is 0. The van der Waals surface area contributed by atoms with Crippen molar-refractivity contribution in [3.63, 3.8) is 0 Å². The Bertz CT molecular complexity index is 926. The van der Waals surface area contributed by atoms with E-state index in [2.05, 4.69) is 17.3 Å². The van der Waals surface area contributed by atoms with E-state index in [1.165, 1.54) is 7.11 Å². The van der Waals surface area contributed by atoms with Gasteiger partial charge in [-0.3, -0.25) is 0 Å². The molecule has 1 unspecified atom stereocenters. The van der Waals surface area contributed by atoms with Gasteiger partial charge in [0.25, 0.3) is 0 Å². The van der Waals surface area contributed by atoms with Crippen molar-refractivity contribution in [3.8, 4) is 5.75 Å². The quantitative estimate of drug-likeness (QED) is 0.897. The number of sulfone groups is 1. The second-order valence-corrected chi connectivity index (χ2v) is 9.12. The van der Waals surface area contributed by atoms with Crippen LogP contribution in [-0.4, -0.2) is 46.6 Å². The number of likely N-dealkylation sites (tertiary alicyclic amines) is 1. The summed E-state index contributed by atoms with van der Waals surface area (Å²) in [5, 5.41) is 3.59. The van der Waals surface area contributed by atoms with Gasteiger partial charge in [-0.1, -0.05) is 6.07 Å². The van der Waals surface area contributed by atoms with Crippen LogP contribution in [0.5, 0.6) is 5.75 Å². The molecule has 2 aliphatic rings. The number of hydrogen-bond donors (Lipinski definition) is 1. The minimum atomic E-state index is -3.57. The van der Waals surface area contributed by atoms with Crippen molar-refractivity contribution in [3.05, 3.63) is 48.0 Å². The lowest BCUT2D eigenvalue weighted by Crippen LogP contribution is -2.22. The van der Waals surface area contributed by atoms with E-state index in [9.17, 15) is 8.42 Å². The number of rotatable bonds is 3. The highest BCUT2D eigenvalue weighted by molar-refractivity contribution is 7.91. The zero-order chi connectivity index (χ0) is 18.3. The Balaban J connectivity index is 1.71. The van der Waals surface area contributed by atoms with Gasteiger partial charge in [0.2, 0.25) is 9.84 Å². The van der Waals surface area contributed by atoms with Gasteiger partial charge in [0.15, 0.2) is 0 Å². The number of fused-ring (bicyclic) bond motifs is 3. The molecule has 1 fully saturated rings. The van der Waals surface area contributed by atoms with Crippen molar-refractivity contribution in [1.29, 1.82) is 0 Å². The summed E-state index contributed by atoms with van der Waals surface area (Å²) in [7, 11) is 0.113. The molecule has 2 heterocycles. The van der Waals surface area contributed by atoms with Crippen LogP contribution in [0.25, 0.3) is 0 Å². The van der Waals surface area contributed by atoms with Gasteiger partial charge in [-0.2, -0.15) is 0 Å². The molecular formula is C20H24N2O3S. The molecule has 0 aromatic heterocycles. The number of methoxy groups -OCH3 is 1. The molecule has 2 aliphatic heterocycles. The summed E-state index contributed by atoms with van der Waals surface area (Å²) in [5.41, 5.74) is 2.21. The van der Waals surface area contributed by atoms with E-state index in [1.807, 2.05) is 12.1 Å². The van der Waals surface area contributed by atoms with Gasteiger partial charge >= 0.3 is 0 Å². The maximum absolute atomic E-state index is 13.1. The second-order valence-electron chi connectivity index (χ2n) is 7.17. The monoisotopic (exact) mass is 372 g/mol. The topological polar surface area (TPSA) is 58.6 Å². The van der Waals surface area contributed by atoms with Crippen molar-refractivity contribution < 1.29 is 13.2 Å². The molecular weight excluding hydrogens is 348 g/mol. The lowest BCUT2D eigenvalue weighted by Gasteiger charge is -2.16. The van der Waals surface area contributed by atoms with Gasteiger partial charge in [0.05, 0.1) is 16.9 Å². The molecule has 26 heavy (non-hydrogen) atoms. The Morgan fingerprint density at radius 1 is 1.08 bits per heavy atom. The maximum Gasteiger partial charge on any atom is 0.206 e. The molecule has 0 spiro atoms. The Morgan fingerprint density at radius 3 is 2.65 bits per heavy atom. The standard InChI is InChI=1S/C20H24N2O3S/c1-22-10-8-17-18-13-16(6-7-19(18)21-20(17)9-11-22)26(23,24)15-5-3-4-14(12-15)25-2/h3-7,12-13,17,20-21H,8-11H2,1-2H3/t17-,20?/m0/s1. The average molecular weight is 372 g/mol. The number of nitrogens with zero attached hydrogens (tertiary/aromatic N) is 1.